The van der Waals surface area contributed by atoms with Gasteiger partial charge >= 0.3 is 0 Å². The summed E-state index contributed by atoms with van der Waals surface area (Å²) in [5, 5.41) is 3.15. The van der Waals surface area contributed by atoms with Crippen LogP contribution in [0.1, 0.15) is 19.8 Å². The lowest BCUT2D eigenvalue weighted by Gasteiger charge is -2.11. The van der Waals surface area contributed by atoms with E-state index in [1.54, 1.807) is 7.11 Å². The average Bonchev–Trinajstić information content (AvgIpc) is 2.46. The number of methoxy groups -OCH3 is 1. The zero-order valence-electron chi connectivity index (χ0n) is 12.2. The lowest BCUT2D eigenvalue weighted by molar-refractivity contribution is 0.0705. The molecular weight excluding hydrogens is 260 g/mol. The number of aromatic nitrogens is 2. The van der Waals surface area contributed by atoms with Gasteiger partial charge in [0.05, 0.1) is 19.8 Å². The largest absolute Gasteiger partial charge is 0.476 e. The summed E-state index contributed by atoms with van der Waals surface area (Å²) in [5.41, 5.74) is 6.39. The van der Waals surface area contributed by atoms with Crippen LogP contribution in [0.2, 0.25) is 0 Å². The van der Waals surface area contributed by atoms with Gasteiger partial charge in [-0.05, 0) is 12.8 Å². The van der Waals surface area contributed by atoms with Crippen LogP contribution >= 0.6 is 0 Å². The predicted molar refractivity (Wildman–Crippen MR) is 78.0 cm³/mol. The molecule has 114 valence electrons. The molecule has 0 bridgehead atoms. The lowest BCUT2D eigenvalue weighted by Crippen LogP contribution is -2.11. The predicted octanol–water partition coefficient (Wildman–Crippen LogP) is 1.31. The zero-order chi connectivity index (χ0) is 14.6. The molecule has 0 saturated heterocycles. The summed E-state index contributed by atoms with van der Waals surface area (Å²) in [6.45, 7) is 5.24. The van der Waals surface area contributed by atoms with E-state index in [0.29, 0.717) is 43.8 Å². The van der Waals surface area contributed by atoms with Crippen molar-refractivity contribution < 1.29 is 14.2 Å². The molecule has 0 saturated carbocycles. The number of nitrogens with zero attached hydrogens (tertiary/aromatic N) is 2. The third-order valence-corrected chi connectivity index (χ3v) is 2.48. The highest BCUT2D eigenvalue weighted by molar-refractivity contribution is 5.66. The number of hydrogen-bond donors (Lipinski definition) is 2. The molecule has 0 aliphatic rings. The van der Waals surface area contributed by atoms with Gasteiger partial charge in [-0.1, -0.05) is 6.92 Å². The van der Waals surface area contributed by atoms with Crippen molar-refractivity contribution in [1.29, 1.82) is 0 Å². The molecule has 3 N–H and O–H groups in total. The maximum absolute atomic E-state index is 5.94. The second-order valence-corrected chi connectivity index (χ2v) is 4.18. The molecule has 0 aromatic carbocycles. The van der Waals surface area contributed by atoms with E-state index < -0.39 is 0 Å². The first-order valence-electron chi connectivity index (χ1n) is 6.83. The molecule has 0 fully saturated rings. The van der Waals surface area contributed by atoms with Gasteiger partial charge in [-0.3, -0.25) is 0 Å². The minimum Gasteiger partial charge on any atom is -0.476 e. The zero-order valence-corrected chi connectivity index (χ0v) is 12.2. The molecular formula is C13H24N4O3. The highest BCUT2D eigenvalue weighted by atomic mass is 16.5. The minimum atomic E-state index is 0.431. The summed E-state index contributed by atoms with van der Waals surface area (Å²) in [5.74, 6) is 1.03. The summed E-state index contributed by atoms with van der Waals surface area (Å²) >= 11 is 0. The van der Waals surface area contributed by atoms with Crippen molar-refractivity contribution in [2.45, 2.75) is 19.8 Å². The van der Waals surface area contributed by atoms with Crippen LogP contribution in [-0.2, 0) is 9.47 Å². The number of ether oxygens (including phenoxy) is 3. The van der Waals surface area contributed by atoms with E-state index in [1.807, 2.05) is 6.92 Å². The minimum absolute atomic E-state index is 0.431. The Morgan fingerprint density at radius 3 is 2.80 bits per heavy atom. The van der Waals surface area contributed by atoms with Gasteiger partial charge in [-0.25, -0.2) is 4.98 Å². The molecule has 0 amide bonds. The van der Waals surface area contributed by atoms with E-state index in [0.717, 1.165) is 19.4 Å². The number of nitrogen functional groups attached to an aromatic ring is 1. The van der Waals surface area contributed by atoms with Gasteiger partial charge < -0.3 is 25.3 Å². The van der Waals surface area contributed by atoms with Crippen LogP contribution in [0, 0.1) is 0 Å². The fraction of sp³-hybridized carbons (Fsp3) is 0.692. The Bertz CT molecular complexity index is 377. The molecule has 7 heteroatoms. The van der Waals surface area contributed by atoms with E-state index in [2.05, 4.69) is 15.3 Å². The Morgan fingerprint density at radius 2 is 2.05 bits per heavy atom. The molecule has 1 rings (SSSR count). The SMILES string of the molecule is CCCOc1ncnc(NCCCOCCOC)c1N. The van der Waals surface area contributed by atoms with Crippen molar-refractivity contribution in [2.24, 2.45) is 0 Å². The van der Waals surface area contributed by atoms with Crippen molar-refractivity contribution in [1.82, 2.24) is 9.97 Å². The Morgan fingerprint density at radius 1 is 1.20 bits per heavy atom. The highest BCUT2D eigenvalue weighted by Crippen LogP contribution is 2.24. The third-order valence-electron chi connectivity index (χ3n) is 2.48. The van der Waals surface area contributed by atoms with Gasteiger partial charge in [-0.15, -0.1) is 0 Å². The van der Waals surface area contributed by atoms with Gasteiger partial charge in [0.2, 0.25) is 5.88 Å². The van der Waals surface area contributed by atoms with Gasteiger partial charge in [0.1, 0.15) is 12.0 Å². The summed E-state index contributed by atoms with van der Waals surface area (Å²) < 4.78 is 15.7. The Kier molecular flexibility index (Phi) is 8.41. The molecule has 20 heavy (non-hydrogen) atoms. The van der Waals surface area contributed by atoms with Crippen molar-refractivity contribution in [3.05, 3.63) is 6.33 Å². The first kappa shape index (κ1) is 16.5. The molecule has 1 aromatic heterocycles. The second-order valence-electron chi connectivity index (χ2n) is 4.18. The first-order chi connectivity index (χ1) is 9.79. The Hall–Kier alpha value is -1.60. The van der Waals surface area contributed by atoms with Crippen molar-refractivity contribution in [3.63, 3.8) is 0 Å². The Labute approximate surface area is 119 Å². The number of nitrogens with two attached hydrogens (primary N) is 1. The monoisotopic (exact) mass is 284 g/mol. The standard InChI is InChI=1S/C13H24N4O3/c1-3-6-20-13-11(14)12(16-10-17-13)15-5-4-7-19-9-8-18-2/h10H,3-9,14H2,1-2H3,(H,15,16,17). The lowest BCUT2D eigenvalue weighted by atomic mass is 10.4. The molecule has 0 aliphatic carbocycles. The van der Waals surface area contributed by atoms with Crippen LogP contribution in [-0.4, -0.2) is 50.1 Å². The quantitative estimate of drug-likeness (QED) is 0.592. The fourth-order valence-corrected chi connectivity index (χ4v) is 1.46. The molecule has 1 aromatic rings. The molecule has 1 heterocycles. The molecule has 0 aliphatic heterocycles. The second kappa shape index (κ2) is 10.2. The van der Waals surface area contributed by atoms with Crippen LogP contribution in [0.25, 0.3) is 0 Å². The number of nitrogens with one attached hydrogen (secondary N) is 1. The van der Waals surface area contributed by atoms with E-state index in [1.165, 1.54) is 6.33 Å². The number of rotatable bonds is 11. The summed E-state index contributed by atoms with van der Waals surface area (Å²) in [6, 6.07) is 0. The van der Waals surface area contributed by atoms with Crippen LogP contribution in [0.3, 0.4) is 0 Å². The van der Waals surface area contributed by atoms with E-state index in [4.69, 9.17) is 19.9 Å². The molecule has 0 spiro atoms. The van der Waals surface area contributed by atoms with E-state index >= 15 is 0 Å². The number of anilines is 2. The third kappa shape index (κ3) is 6.03. The van der Waals surface area contributed by atoms with Crippen molar-refractivity contribution in [3.8, 4) is 5.88 Å². The van der Waals surface area contributed by atoms with Gasteiger partial charge in [0.15, 0.2) is 5.82 Å². The van der Waals surface area contributed by atoms with Crippen molar-refractivity contribution in [2.75, 3.05) is 51.1 Å². The summed E-state index contributed by atoms with van der Waals surface area (Å²) in [4.78, 5) is 8.12. The number of hydrogen-bond acceptors (Lipinski definition) is 7. The maximum Gasteiger partial charge on any atom is 0.242 e. The smallest absolute Gasteiger partial charge is 0.242 e. The van der Waals surface area contributed by atoms with Crippen molar-refractivity contribution >= 4 is 11.5 Å². The van der Waals surface area contributed by atoms with E-state index in [9.17, 15) is 0 Å². The Balaban J connectivity index is 2.29. The van der Waals surface area contributed by atoms with Crippen LogP contribution in [0.15, 0.2) is 6.33 Å². The molecule has 0 unspecified atom stereocenters. The fourth-order valence-electron chi connectivity index (χ4n) is 1.46. The van der Waals surface area contributed by atoms with Crippen LogP contribution in [0.5, 0.6) is 5.88 Å². The van der Waals surface area contributed by atoms with E-state index in [-0.39, 0.29) is 0 Å². The topological polar surface area (TPSA) is 91.5 Å². The average molecular weight is 284 g/mol. The first-order valence-corrected chi connectivity index (χ1v) is 6.83. The normalized spacial score (nSPS) is 10.5. The van der Waals surface area contributed by atoms with Gasteiger partial charge in [0, 0.05) is 20.3 Å². The summed E-state index contributed by atoms with van der Waals surface area (Å²) in [7, 11) is 1.65. The van der Waals surface area contributed by atoms with Gasteiger partial charge in [0.25, 0.3) is 0 Å². The summed E-state index contributed by atoms with van der Waals surface area (Å²) in [6.07, 6.45) is 3.21. The van der Waals surface area contributed by atoms with Crippen LogP contribution in [0.4, 0.5) is 11.5 Å². The molecule has 7 nitrogen and oxygen atoms in total. The molecule has 0 atom stereocenters. The maximum atomic E-state index is 5.94. The molecule has 0 radical (unpaired) electrons. The highest BCUT2D eigenvalue weighted by Gasteiger charge is 2.08. The van der Waals surface area contributed by atoms with Gasteiger partial charge in [-0.2, -0.15) is 4.98 Å². The van der Waals surface area contributed by atoms with Crippen LogP contribution < -0.4 is 15.8 Å².